The molecule has 34 valence electrons. The van der Waals surface area contributed by atoms with E-state index < -0.39 is 0 Å². The molecule has 0 saturated carbocycles. The molecule has 0 saturated heterocycles. The highest BCUT2D eigenvalue weighted by Gasteiger charge is 1.77. The molecule has 0 nitrogen and oxygen atoms in total. The van der Waals surface area contributed by atoms with Crippen molar-refractivity contribution in [1.29, 1.82) is 0 Å². The summed E-state index contributed by atoms with van der Waals surface area (Å²) >= 11 is 0. The van der Waals surface area contributed by atoms with E-state index >= 15 is 0 Å². The van der Waals surface area contributed by atoms with Gasteiger partial charge in [0, 0.05) is 6.42 Å². The van der Waals surface area contributed by atoms with Gasteiger partial charge in [0.1, 0.15) is 0 Å². The molecule has 6 heavy (non-hydrogen) atoms. The topological polar surface area (TPSA) is 0 Å². The van der Waals surface area contributed by atoms with Crippen molar-refractivity contribution in [3.63, 3.8) is 0 Å². The summed E-state index contributed by atoms with van der Waals surface area (Å²) in [5.41, 5.74) is 0. The third-order valence-corrected chi connectivity index (χ3v) is 0.366. The molecule has 0 amide bonds. The summed E-state index contributed by atoms with van der Waals surface area (Å²) in [6.07, 6.45) is 1.75. The van der Waals surface area contributed by atoms with E-state index in [2.05, 4.69) is 13.2 Å². The smallest absolute Gasteiger partial charge is 0.0965 e. The molecular formula is C5H7F. The van der Waals surface area contributed by atoms with E-state index in [1.807, 2.05) is 0 Å². The molecule has 0 unspecified atom stereocenters. The molecule has 0 aliphatic rings. The molecular weight excluding hydrogens is 79.1 g/mol. The standard InChI is InChI=1S/C5H7F/c1-3-4-5(2)6/h3H,1-2,4H2. The third-order valence-electron chi connectivity index (χ3n) is 0.366. The maximum Gasteiger partial charge on any atom is 0.0965 e. The Bertz CT molecular complexity index is 64.3. The summed E-state index contributed by atoms with van der Waals surface area (Å²) < 4.78 is 11.4. The van der Waals surface area contributed by atoms with Gasteiger partial charge in [-0.2, -0.15) is 0 Å². The number of halogens is 1. The first-order valence-electron chi connectivity index (χ1n) is 1.71. The Morgan fingerprint density at radius 3 is 2.33 bits per heavy atom. The van der Waals surface area contributed by atoms with Crippen molar-refractivity contribution >= 4 is 0 Å². The van der Waals surface area contributed by atoms with Gasteiger partial charge in [-0.25, -0.2) is 4.39 Å². The van der Waals surface area contributed by atoms with Crippen LogP contribution >= 0.6 is 0 Å². The Kier molecular flexibility index (Phi) is 2.38. The molecule has 0 aromatic rings. The van der Waals surface area contributed by atoms with Crippen LogP contribution in [0.25, 0.3) is 0 Å². The summed E-state index contributed by atoms with van der Waals surface area (Å²) in [5, 5.41) is 0. The van der Waals surface area contributed by atoms with Crippen LogP contribution in [-0.4, -0.2) is 0 Å². The zero-order valence-electron chi connectivity index (χ0n) is 3.58. The fourth-order valence-corrected chi connectivity index (χ4v) is 0.157. The second-order valence-electron chi connectivity index (χ2n) is 1.01. The van der Waals surface area contributed by atoms with Crippen LogP contribution in [-0.2, 0) is 0 Å². The van der Waals surface area contributed by atoms with Crippen LogP contribution in [0.4, 0.5) is 4.39 Å². The average molecular weight is 86.1 g/mol. The van der Waals surface area contributed by atoms with Gasteiger partial charge in [0.2, 0.25) is 0 Å². The van der Waals surface area contributed by atoms with E-state index in [0.717, 1.165) is 0 Å². The molecule has 0 radical (unpaired) electrons. The van der Waals surface area contributed by atoms with Crippen molar-refractivity contribution < 1.29 is 4.39 Å². The zero-order chi connectivity index (χ0) is 4.99. The molecule has 0 atom stereocenters. The van der Waals surface area contributed by atoms with Crippen LogP contribution in [0.15, 0.2) is 25.1 Å². The summed E-state index contributed by atoms with van der Waals surface area (Å²) in [5.74, 6) is -0.329. The fourth-order valence-electron chi connectivity index (χ4n) is 0.157. The van der Waals surface area contributed by atoms with Crippen molar-refractivity contribution in [2.45, 2.75) is 6.42 Å². The lowest BCUT2D eigenvalue weighted by Gasteiger charge is -1.77. The normalized spacial score (nSPS) is 7.50. The number of allylic oxidation sites excluding steroid dienone is 2. The highest BCUT2D eigenvalue weighted by atomic mass is 19.1. The molecule has 0 aliphatic carbocycles. The van der Waals surface area contributed by atoms with Gasteiger partial charge in [0.25, 0.3) is 0 Å². The second kappa shape index (κ2) is 2.64. The Morgan fingerprint density at radius 2 is 2.33 bits per heavy atom. The van der Waals surface area contributed by atoms with E-state index in [0.29, 0.717) is 0 Å². The summed E-state index contributed by atoms with van der Waals surface area (Å²) in [4.78, 5) is 0. The number of hydrogen-bond acceptors (Lipinski definition) is 0. The summed E-state index contributed by atoms with van der Waals surface area (Å²) in [7, 11) is 0. The molecule has 0 bridgehead atoms. The van der Waals surface area contributed by atoms with Gasteiger partial charge >= 0.3 is 0 Å². The fraction of sp³-hybridized carbons (Fsp3) is 0.200. The zero-order valence-corrected chi connectivity index (χ0v) is 3.58. The first kappa shape index (κ1) is 5.41. The van der Waals surface area contributed by atoms with Crippen LogP contribution in [0.5, 0.6) is 0 Å². The highest BCUT2D eigenvalue weighted by molar-refractivity contribution is 4.88. The van der Waals surface area contributed by atoms with E-state index in [-0.39, 0.29) is 12.2 Å². The lowest BCUT2D eigenvalue weighted by molar-refractivity contribution is 0.623. The molecule has 0 spiro atoms. The Labute approximate surface area is 37.0 Å². The Morgan fingerprint density at radius 1 is 1.83 bits per heavy atom. The minimum absolute atomic E-state index is 0.278. The van der Waals surface area contributed by atoms with Gasteiger partial charge in [-0.15, -0.1) is 6.58 Å². The first-order chi connectivity index (χ1) is 2.77. The molecule has 0 heterocycles. The van der Waals surface area contributed by atoms with Gasteiger partial charge in [-0.1, -0.05) is 12.7 Å². The van der Waals surface area contributed by atoms with E-state index in [4.69, 9.17) is 0 Å². The third kappa shape index (κ3) is 3.41. The van der Waals surface area contributed by atoms with E-state index in [1.165, 1.54) is 6.08 Å². The monoisotopic (exact) mass is 86.1 g/mol. The lowest BCUT2D eigenvalue weighted by Crippen LogP contribution is -1.59. The molecule has 0 rings (SSSR count). The van der Waals surface area contributed by atoms with Crippen LogP contribution in [0.2, 0.25) is 0 Å². The summed E-state index contributed by atoms with van der Waals surface area (Å²) in [6, 6.07) is 0. The molecule has 0 fully saturated rings. The van der Waals surface area contributed by atoms with Crippen LogP contribution in [0, 0.1) is 0 Å². The molecule has 0 aromatic heterocycles. The molecule has 0 N–H and O–H groups in total. The first-order valence-corrected chi connectivity index (χ1v) is 1.71. The minimum atomic E-state index is -0.329. The van der Waals surface area contributed by atoms with Gasteiger partial charge in [0.05, 0.1) is 5.83 Å². The van der Waals surface area contributed by atoms with Crippen molar-refractivity contribution in [2.75, 3.05) is 0 Å². The van der Waals surface area contributed by atoms with E-state index in [9.17, 15) is 4.39 Å². The van der Waals surface area contributed by atoms with Crippen LogP contribution in [0.3, 0.4) is 0 Å². The SMILES string of the molecule is C=CCC(=C)F. The van der Waals surface area contributed by atoms with Crippen molar-refractivity contribution in [1.82, 2.24) is 0 Å². The average Bonchev–Trinajstić information content (AvgIpc) is 1.35. The number of hydrogen-bond donors (Lipinski definition) is 0. The predicted molar refractivity (Wildman–Crippen MR) is 25.1 cm³/mol. The Hall–Kier alpha value is -0.590. The molecule has 1 heteroatoms. The minimum Gasteiger partial charge on any atom is -0.212 e. The quantitative estimate of drug-likeness (QED) is 0.451. The predicted octanol–water partition coefficient (Wildman–Crippen LogP) is 2.05. The van der Waals surface area contributed by atoms with Crippen LogP contribution < -0.4 is 0 Å². The maximum atomic E-state index is 11.4. The van der Waals surface area contributed by atoms with Gasteiger partial charge in [-0.3, -0.25) is 0 Å². The van der Waals surface area contributed by atoms with Crippen molar-refractivity contribution in [2.24, 2.45) is 0 Å². The van der Waals surface area contributed by atoms with Crippen LogP contribution in [0.1, 0.15) is 6.42 Å². The van der Waals surface area contributed by atoms with Gasteiger partial charge in [0.15, 0.2) is 0 Å². The van der Waals surface area contributed by atoms with Gasteiger partial charge in [-0.05, 0) is 0 Å². The Balaban J connectivity index is 3.05. The van der Waals surface area contributed by atoms with Crippen molar-refractivity contribution in [3.8, 4) is 0 Å². The highest BCUT2D eigenvalue weighted by Crippen LogP contribution is 1.96. The van der Waals surface area contributed by atoms with Gasteiger partial charge < -0.3 is 0 Å². The summed E-state index contributed by atoms with van der Waals surface area (Å²) in [6.45, 7) is 6.31. The lowest BCUT2D eigenvalue weighted by atomic mass is 10.4. The van der Waals surface area contributed by atoms with Crippen molar-refractivity contribution in [3.05, 3.63) is 25.1 Å². The second-order valence-corrected chi connectivity index (χ2v) is 1.01. The van der Waals surface area contributed by atoms with E-state index in [1.54, 1.807) is 0 Å². The molecule has 0 aromatic carbocycles. The maximum absolute atomic E-state index is 11.4. The molecule has 0 aliphatic heterocycles. The largest absolute Gasteiger partial charge is 0.212 e. The number of rotatable bonds is 2.